The molecule has 2 aromatic rings. The van der Waals surface area contributed by atoms with E-state index in [1.807, 2.05) is 20.8 Å². The monoisotopic (exact) mass is 448 g/mol. The van der Waals surface area contributed by atoms with Crippen LogP contribution in [0.15, 0.2) is 48.5 Å². The number of halogens is 2. The molecule has 0 aliphatic rings. The average molecular weight is 449 g/mol. The zero-order chi connectivity index (χ0) is 22.8. The minimum atomic E-state index is -0.613. The Hall–Kier alpha value is -2.41. The summed E-state index contributed by atoms with van der Waals surface area (Å²) in [6.45, 7) is 6.01. The molecule has 31 heavy (non-hydrogen) atoms. The summed E-state index contributed by atoms with van der Waals surface area (Å²) in [5.74, 6) is -0.248. The van der Waals surface area contributed by atoms with Crippen LogP contribution in [0.1, 0.15) is 44.7 Å². The van der Waals surface area contributed by atoms with Crippen LogP contribution >= 0.6 is 11.8 Å². The lowest BCUT2D eigenvalue weighted by Gasteiger charge is -2.31. The summed E-state index contributed by atoms with van der Waals surface area (Å²) >= 11 is 1.41. The van der Waals surface area contributed by atoms with Crippen molar-refractivity contribution in [1.82, 2.24) is 10.2 Å². The first-order chi connectivity index (χ1) is 14.8. The van der Waals surface area contributed by atoms with E-state index < -0.39 is 6.04 Å². The largest absolute Gasteiger partial charge is 0.352 e. The zero-order valence-corrected chi connectivity index (χ0v) is 19.1. The Balaban J connectivity index is 2.12. The lowest BCUT2D eigenvalue weighted by molar-refractivity contribution is -0.139. The van der Waals surface area contributed by atoms with Crippen molar-refractivity contribution in [2.45, 2.75) is 58.0 Å². The molecule has 0 aromatic heterocycles. The molecule has 2 aromatic carbocycles. The molecular weight excluding hydrogens is 418 g/mol. The van der Waals surface area contributed by atoms with Gasteiger partial charge in [0.05, 0.1) is 5.75 Å². The number of hydrogen-bond donors (Lipinski definition) is 1. The van der Waals surface area contributed by atoms with E-state index in [1.54, 1.807) is 29.2 Å². The van der Waals surface area contributed by atoms with Crippen molar-refractivity contribution >= 4 is 23.6 Å². The Bertz CT molecular complexity index is 844. The van der Waals surface area contributed by atoms with Crippen LogP contribution in [0, 0.1) is 11.6 Å². The van der Waals surface area contributed by atoms with Crippen molar-refractivity contribution < 1.29 is 18.4 Å². The van der Waals surface area contributed by atoms with E-state index in [0.717, 1.165) is 17.5 Å². The molecule has 7 heteroatoms. The molecular formula is C24H30F2N2O2S. The van der Waals surface area contributed by atoms with Gasteiger partial charge in [-0.25, -0.2) is 8.78 Å². The van der Waals surface area contributed by atoms with Crippen molar-refractivity contribution in [3.05, 3.63) is 71.3 Å². The molecule has 0 fully saturated rings. The molecule has 2 atom stereocenters. The molecule has 0 spiro atoms. The van der Waals surface area contributed by atoms with Crippen LogP contribution in [0.2, 0.25) is 0 Å². The van der Waals surface area contributed by atoms with Crippen LogP contribution in [0.3, 0.4) is 0 Å². The number of nitrogens with zero attached hydrogens (tertiary/aromatic N) is 1. The lowest BCUT2D eigenvalue weighted by atomic mass is 10.1. The van der Waals surface area contributed by atoms with Crippen LogP contribution in [0.5, 0.6) is 0 Å². The molecule has 168 valence electrons. The van der Waals surface area contributed by atoms with Gasteiger partial charge in [-0.2, -0.15) is 0 Å². The van der Waals surface area contributed by atoms with E-state index >= 15 is 0 Å². The van der Waals surface area contributed by atoms with Crippen molar-refractivity contribution in [2.24, 2.45) is 0 Å². The molecule has 0 unspecified atom stereocenters. The molecule has 0 saturated carbocycles. The Labute approximate surface area is 187 Å². The molecule has 2 amide bonds. The third-order valence-corrected chi connectivity index (χ3v) is 6.05. The number of carbonyl (C=O) groups excluding carboxylic acids is 2. The maximum atomic E-state index is 13.3. The minimum Gasteiger partial charge on any atom is -0.352 e. The van der Waals surface area contributed by atoms with E-state index in [4.69, 9.17) is 0 Å². The number of hydrogen-bond acceptors (Lipinski definition) is 3. The van der Waals surface area contributed by atoms with Gasteiger partial charge in [-0.15, -0.1) is 11.8 Å². The van der Waals surface area contributed by atoms with Gasteiger partial charge in [0, 0.05) is 18.3 Å². The number of amides is 2. The van der Waals surface area contributed by atoms with E-state index in [-0.39, 0.29) is 41.8 Å². The maximum absolute atomic E-state index is 13.3. The first-order valence-corrected chi connectivity index (χ1v) is 11.7. The molecule has 0 aliphatic heterocycles. The fourth-order valence-electron chi connectivity index (χ4n) is 3.07. The maximum Gasteiger partial charge on any atom is 0.243 e. The summed E-state index contributed by atoms with van der Waals surface area (Å²) in [6, 6.07) is 11.5. The highest BCUT2D eigenvalue weighted by Gasteiger charge is 2.29. The van der Waals surface area contributed by atoms with Gasteiger partial charge >= 0.3 is 0 Å². The van der Waals surface area contributed by atoms with E-state index in [9.17, 15) is 18.4 Å². The Morgan fingerprint density at radius 2 is 1.48 bits per heavy atom. The van der Waals surface area contributed by atoms with E-state index in [1.165, 1.54) is 36.0 Å². The Kier molecular flexibility index (Phi) is 9.98. The van der Waals surface area contributed by atoms with Gasteiger partial charge in [0.25, 0.3) is 0 Å². The predicted molar refractivity (Wildman–Crippen MR) is 121 cm³/mol. The zero-order valence-electron chi connectivity index (χ0n) is 18.2. The SMILES string of the molecule is CC[C@@H](C)NC(=O)[C@@H](CC)N(Cc1ccc(F)cc1)C(=O)CSCc1ccc(F)cc1. The summed E-state index contributed by atoms with van der Waals surface area (Å²) in [4.78, 5) is 27.5. The average Bonchev–Trinajstić information content (AvgIpc) is 2.76. The Morgan fingerprint density at radius 3 is 2.00 bits per heavy atom. The first-order valence-electron chi connectivity index (χ1n) is 10.5. The van der Waals surface area contributed by atoms with E-state index in [2.05, 4.69) is 5.32 Å². The van der Waals surface area contributed by atoms with Crippen LogP contribution in [-0.4, -0.2) is 34.6 Å². The molecule has 1 N–H and O–H groups in total. The van der Waals surface area contributed by atoms with Crippen LogP contribution in [0.4, 0.5) is 8.78 Å². The summed E-state index contributed by atoms with van der Waals surface area (Å²) in [7, 11) is 0. The molecule has 0 bridgehead atoms. The molecule has 0 heterocycles. The molecule has 2 rings (SSSR count). The van der Waals surface area contributed by atoms with Gasteiger partial charge in [0.2, 0.25) is 11.8 Å². The fourth-order valence-corrected chi connectivity index (χ4v) is 3.94. The van der Waals surface area contributed by atoms with Crippen molar-refractivity contribution in [3.63, 3.8) is 0 Å². The number of thioether (sulfide) groups is 1. The standard InChI is InChI=1S/C24H30F2N2O2S/c1-4-17(3)27-24(30)22(5-2)28(14-18-6-10-20(25)11-7-18)23(29)16-31-15-19-8-12-21(26)13-9-19/h6-13,17,22H,4-5,14-16H2,1-3H3,(H,27,30)/t17-,22-/m1/s1. The van der Waals surface area contributed by atoms with Crippen LogP contribution < -0.4 is 5.32 Å². The molecule has 0 saturated heterocycles. The van der Waals surface area contributed by atoms with Crippen molar-refractivity contribution in [3.8, 4) is 0 Å². The summed E-state index contributed by atoms with van der Waals surface area (Å²) in [5.41, 5.74) is 1.68. The second kappa shape index (κ2) is 12.4. The van der Waals surface area contributed by atoms with Gasteiger partial charge in [0.15, 0.2) is 0 Å². The quantitative estimate of drug-likeness (QED) is 0.531. The second-order valence-electron chi connectivity index (χ2n) is 7.51. The fraction of sp³-hybridized carbons (Fsp3) is 0.417. The second-order valence-corrected chi connectivity index (χ2v) is 8.49. The van der Waals surface area contributed by atoms with Gasteiger partial charge in [-0.1, -0.05) is 38.1 Å². The lowest BCUT2D eigenvalue weighted by Crippen LogP contribution is -2.51. The third-order valence-electron chi connectivity index (χ3n) is 5.06. The van der Waals surface area contributed by atoms with Gasteiger partial charge in [0.1, 0.15) is 17.7 Å². The van der Waals surface area contributed by atoms with Gasteiger partial charge in [-0.05, 0) is 55.2 Å². The number of carbonyl (C=O) groups is 2. The highest BCUT2D eigenvalue weighted by atomic mass is 32.2. The Morgan fingerprint density at radius 1 is 0.935 bits per heavy atom. The van der Waals surface area contributed by atoms with Gasteiger partial charge in [-0.3, -0.25) is 9.59 Å². The van der Waals surface area contributed by atoms with Gasteiger partial charge < -0.3 is 10.2 Å². The predicted octanol–water partition coefficient (Wildman–Crippen LogP) is 4.92. The molecule has 0 radical (unpaired) electrons. The number of nitrogens with one attached hydrogen (secondary N) is 1. The molecule has 4 nitrogen and oxygen atoms in total. The first kappa shape index (κ1) is 24.9. The summed E-state index contributed by atoms with van der Waals surface area (Å²) in [6.07, 6.45) is 1.26. The minimum absolute atomic E-state index is 0.0113. The van der Waals surface area contributed by atoms with Crippen LogP contribution in [0.25, 0.3) is 0 Å². The summed E-state index contributed by atoms with van der Waals surface area (Å²) < 4.78 is 26.4. The van der Waals surface area contributed by atoms with Crippen molar-refractivity contribution in [1.29, 1.82) is 0 Å². The van der Waals surface area contributed by atoms with Crippen LogP contribution in [-0.2, 0) is 21.9 Å². The normalized spacial score (nSPS) is 12.8. The highest BCUT2D eigenvalue weighted by molar-refractivity contribution is 7.99. The number of benzene rings is 2. The topological polar surface area (TPSA) is 49.4 Å². The summed E-state index contributed by atoms with van der Waals surface area (Å²) in [5, 5.41) is 2.96. The number of rotatable bonds is 11. The van der Waals surface area contributed by atoms with E-state index in [0.29, 0.717) is 12.2 Å². The third kappa shape index (κ3) is 7.98. The van der Waals surface area contributed by atoms with Crippen molar-refractivity contribution in [2.75, 3.05) is 5.75 Å². The highest BCUT2D eigenvalue weighted by Crippen LogP contribution is 2.18. The molecule has 0 aliphatic carbocycles. The smallest absolute Gasteiger partial charge is 0.243 e.